The summed E-state index contributed by atoms with van der Waals surface area (Å²) in [5, 5.41) is 0. The van der Waals surface area contributed by atoms with Crippen molar-refractivity contribution in [3.05, 3.63) is 23.3 Å². The number of nitrogens with two attached hydrogens (primary N) is 1. The SMILES string of the molecule is CCCCS(=O)(=O)Nc1cc(C)c(C)cc1N. The zero-order chi connectivity index (χ0) is 13.1. The van der Waals surface area contributed by atoms with Gasteiger partial charge in [-0.05, 0) is 43.5 Å². The van der Waals surface area contributed by atoms with Crippen LogP contribution in [0.15, 0.2) is 12.1 Å². The van der Waals surface area contributed by atoms with Gasteiger partial charge in [-0.1, -0.05) is 13.3 Å². The van der Waals surface area contributed by atoms with Crippen molar-refractivity contribution in [3.63, 3.8) is 0 Å². The van der Waals surface area contributed by atoms with Crippen molar-refractivity contribution in [2.75, 3.05) is 16.2 Å². The monoisotopic (exact) mass is 256 g/mol. The van der Waals surface area contributed by atoms with Crippen LogP contribution in [0.3, 0.4) is 0 Å². The van der Waals surface area contributed by atoms with E-state index < -0.39 is 10.0 Å². The smallest absolute Gasteiger partial charge is 0.232 e. The molecule has 0 heterocycles. The molecule has 0 unspecified atom stereocenters. The van der Waals surface area contributed by atoms with Gasteiger partial charge in [0.15, 0.2) is 0 Å². The van der Waals surface area contributed by atoms with Crippen molar-refractivity contribution in [1.29, 1.82) is 0 Å². The fourth-order valence-corrected chi connectivity index (χ4v) is 2.76. The Balaban J connectivity index is 2.92. The van der Waals surface area contributed by atoms with E-state index in [4.69, 9.17) is 5.73 Å². The minimum atomic E-state index is -3.28. The lowest BCUT2D eigenvalue weighted by Crippen LogP contribution is -2.17. The van der Waals surface area contributed by atoms with Crippen LogP contribution in [0.5, 0.6) is 0 Å². The number of sulfonamides is 1. The van der Waals surface area contributed by atoms with Gasteiger partial charge < -0.3 is 5.73 Å². The molecular formula is C12H20N2O2S. The number of rotatable bonds is 5. The zero-order valence-electron chi connectivity index (χ0n) is 10.6. The van der Waals surface area contributed by atoms with Crippen LogP contribution in [0, 0.1) is 13.8 Å². The second-order valence-electron chi connectivity index (χ2n) is 4.30. The van der Waals surface area contributed by atoms with Crippen molar-refractivity contribution in [2.45, 2.75) is 33.6 Å². The van der Waals surface area contributed by atoms with Crippen molar-refractivity contribution in [2.24, 2.45) is 0 Å². The van der Waals surface area contributed by atoms with E-state index in [0.717, 1.165) is 17.5 Å². The van der Waals surface area contributed by atoms with E-state index in [1.807, 2.05) is 20.8 Å². The number of benzene rings is 1. The summed E-state index contributed by atoms with van der Waals surface area (Å²) in [6.07, 6.45) is 1.50. The van der Waals surface area contributed by atoms with Crippen LogP contribution < -0.4 is 10.5 Å². The summed E-state index contributed by atoms with van der Waals surface area (Å²) in [5.74, 6) is 0.135. The largest absolute Gasteiger partial charge is 0.397 e. The molecule has 1 rings (SSSR count). The molecule has 0 aliphatic rings. The molecule has 1 aromatic rings. The van der Waals surface area contributed by atoms with Crippen molar-refractivity contribution < 1.29 is 8.42 Å². The first kappa shape index (κ1) is 13.8. The number of nitrogen functional groups attached to an aromatic ring is 1. The average molecular weight is 256 g/mol. The average Bonchev–Trinajstić information content (AvgIpc) is 2.23. The number of hydrogen-bond donors (Lipinski definition) is 2. The molecular weight excluding hydrogens is 236 g/mol. The quantitative estimate of drug-likeness (QED) is 0.795. The van der Waals surface area contributed by atoms with Crippen molar-refractivity contribution >= 4 is 21.4 Å². The molecule has 0 amide bonds. The van der Waals surface area contributed by atoms with Gasteiger partial charge in [-0.25, -0.2) is 8.42 Å². The van der Waals surface area contributed by atoms with Gasteiger partial charge in [0.2, 0.25) is 10.0 Å². The van der Waals surface area contributed by atoms with Gasteiger partial charge in [-0.3, -0.25) is 4.72 Å². The molecule has 0 saturated heterocycles. The minimum absolute atomic E-state index is 0.135. The summed E-state index contributed by atoms with van der Waals surface area (Å²) in [6.45, 7) is 5.83. The number of anilines is 2. The van der Waals surface area contributed by atoms with Gasteiger partial charge >= 0.3 is 0 Å². The molecule has 0 aliphatic carbocycles. The molecule has 4 nitrogen and oxygen atoms in total. The fraction of sp³-hybridized carbons (Fsp3) is 0.500. The molecule has 0 saturated carbocycles. The summed E-state index contributed by atoms with van der Waals surface area (Å²) in [4.78, 5) is 0. The van der Waals surface area contributed by atoms with Crippen LogP contribution in [0.1, 0.15) is 30.9 Å². The summed E-state index contributed by atoms with van der Waals surface area (Å²) < 4.78 is 26.0. The lowest BCUT2D eigenvalue weighted by atomic mass is 10.1. The van der Waals surface area contributed by atoms with E-state index in [9.17, 15) is 8.42 Å². The molecule has 0 spiro atoms. The predicted molar refractivity (Wildman–Crippen MR) is 72.6 cm³/mol. The molecule has 3 N–H and O–H groups in total. The molecule has 0 fully saturated rings. The van der Waals surface area contributed by atoms with Crippen LogP contribution in [0.4, 0.5) is 11.4 Å². The van der Waals surface area contributed by atoms with E-state index in [0.29, 0.717) is 17.8 Å². The van der Waals surface area contributed by atoms with Crippen LogP contribution in [0.2, 0.25) is 0 Å². The van der Waals surface area contributed by atoms with Crippen molar-refractivity contribution in [1.82, 2.24) is 0 Å². The molecule has 17 heavy (non-hydrogen) atoms. The highest BCUT2D eigenvalue weighted by molar-refractivity contribution is 7.92. The van der Waals surface area contributed by atoms with Gasteiger partial charge in [-0.15, -0.1) is 0 Å². The summed E-state index contributed by atoms with van der Waals surface area (Å²) in [7, 11) is -3.28. The predicted octanol–water partition coefficient (Wildman–Crippen LogP) is 2.43. The molecule has 0 bridgehead atoms. The highest BCUT2D eigenvalue weighted by Crippen LogP contribution is 2.24. The summed E-state index contributed by atoms with van der Waals surface area (Å²) in [5.41, 5.74) is 8.82. The van der Waals surface area contributed by atoms with E-state index in [2.05, 4.69) is 4.72 Å². The Bertz CT molecular complexity index is 495. The molecule has 5 heteroatoms. The second kappa shape index (κ2) is 5.40. The number of aryl methyl sites for hydroxylation is 2. The molecule has 0 atom stereocenters. The zero-order valence-corrected chi connectivity index (χ0v) is 11.4. The van der Waals surface area contributed by atoms with Crippen LogP contribution in [-0.2, 0) is 10.0 Å². The van der Waals surface area contributed by atoms with Gasteiger partial charge in [-0.2, -0.15) is 0 Å². The topological polar surface area (TPSA) is 72.2 Å². The Labute approximate surface area is 103 Å². The summed E-state index contributed by atoms with van der Waals surface area (Å²) >= 11 is 0. The Morgan fingerprint density at radius 2 is 1.82 bits per heavy atom. The number of hydrogen-bond acceptors (Lipinski definition) is 3. The number of nitrogens with one attached hydrogen (secondary N) is 1. The molecule has 0 radical (unpaired) electrons. The molecule has 1 aromatic carbocycles. The Kier molecular flexibility index (Phi) is 4.40. The second-order valence-corrected chi connectivity index (χ2v) is 6.14. The first-order valence-electron chi connectivity index (χ1n) is 5.73. The van der Waals surface area contributed by atoms with E-state index in [1.165, 1.54) is 0 Å². The van der Waals surface area contributed by atoms with E-state index in [-0.39, 0.29) is 5.75 Å². The van der Waals surface area contributed by atoms with Crippen LogP contribution in [-0.4, -0.2) is 14.2 Å². The van der Waals surface area contributed by atoms with E-state index in [1.54, 1.807) is 12.1 Å². The maximum atomic E-state index is 11.7. The maximum absolute atomic E-state index is 11.7. The summed E-state index contributed by atoms with van der Waals surface area (Å²) in [6, 6.07) is 3.56. The third kappa shape index (κ3) is 3.93. The highest BCUT2D eigenvalue weighted by atomic mass is 32.2. The van der Waals surface area contributed by atoms with Crippen molar-refractivity contribution in [3.8, 4) is 0 Å². The Morgan fingerprint density at radius 1 is 1.24 bits per heavy atom. The Morgan fingerprint density at radius 3 is 2.41 bits per heavy atom. The lowest BCUT2D eigenvalue weighted by Gasteiger charge is -2.12. The lowest BCUT2D eigenvalue weighted by molar-refractivity contribution is 0.598. The van der Waals surface area contributed by atoms with Gasteiger partial charge in [0, 0.05) is 0 Å². The first-order valence-corrected chi connectivity index (χ1v) is 7.38. The van der Waals surface area contributed by atoms with E-state index >= 15 is 0 Å². The highest BCUT2D eigenvalue weighted by Gasteiger charge is 2.12. The van der Waals surface area contributed by atoms with Crippen LogP contribution >= 0.6 is 0 Å². The minimum Gasteiger partial charge on any atom is -0.397 e. The third-order valence-corrected chi connectivity index (χ3v) is 4.05. The van der Waals surface area contributed by atoms with Crippen LogP contribution in [0.25, 0.3) is 0 Å². The first-order chi connectivity index (χ1) is 7.85. The normalized spacial score (nSPS) is 11.5. The molecule has 96 valence electrons. The van der Waals surface area contributed by atoms with Gasteiger partial charge in [0.1, 0.15) is 0 Å². The Hall–Kier alpha value is -1.23. The third-order valence-electron chi connectivity index (χ3n) is 2.70. The molecule has 0 aliphatic heterocycles. The number of unbranched alkanes of at least 4 members (excludes halogenated alkanes) is 1. The fourth-order valence-electron chi connectivity index (χ4n) is 1.48. The van der Waals surface area contributed by atoms with Gasteiger partial charge in [0.25, 0.3) is 0 Å². The maximum Gasteiger partial charge on any atom is 0.232 e. The molecule has 0 aromatic heterocycles. The standard InChI is InChI=1S/C12H20N2O2S/c1-4-5-6-17(15,16)14-12-8-10(3)9(2)7-11(12)13/h7-8,14H,4-6,13H2,1-3H3. The van der Waals surface area contributed by atoms with Gasteiger partial charge in [0.05, 0.1) is 17.1 Å².